The minimum absolute atomic E-state index is 1.03. The Labute approximate surface area is 84.0 Å². The molecule has 0 aliphatic heterocycles. The molecular weight excluding hydrogens is 271 g/mol. The largest absolute Gasteiger partial charge is 0.397 e. The zero-order chi connectivity index (χ0) is 8.74. The van der Waals surface area contributed by atoms with Gasteiger partial charge in [-0.25, -0.2) is 0 Å². The van der Waals surface area contributed by atoms with E-state index >= 15 is 0 Å². The van der Waals surface area contributed by atoms with Crippen molar-refractivity contribution in [3.8, 4) is 0 Å². The van der Waals surface area contributed by atoms with Gasteiger partial charge in [-0.1, -0.05) is 42.4 Å². The van der Waals surface area contributed by atoms with Crippen LogP contribution in [0.4, 0.5) is 0 Å². The molecule has 0 saturated heterocycles. The van der Waals surface area contributed by atoms with Crippen LogP contribution in [0.15, 0.2) is 0 Å². The van der Waals surface area contributed by atoms with Gasteiger partial charge in [0.15, 0.2) is 0 Å². The van der Waals surface area contributed by atoms with Crippen molar-refractivity contribution in [1.82, 2.24) is 0 Å². The van der Waals surface area contributed by atoms with Crippen LogP contribution in [0.5, 0.6) is 0 Å². The summed E-state index contributed by atoms with van der Waals surface area (Å²) in [6.07, 6.45) is 2.44. The van der Waals surface area contributed by atoms with E-state index in [1.54, 1.807) is 14.2 Å². The number of rotatable bonds is 6. The maximum Gasteiger partial charge on any atom is 0.347 e. The molecule has 0 amide bonds. The van der Waals surface area contributed by atoms with Crippen molar-refractivity contribution in [1.29, 1.82) is 0 Å². The molecule has 0 unspecified atom stereocenters. The smallest absolute Gasteiger partial charge is 0.347 e. The SMILES string of the molecule is CCCC[Si](CI)(OC)OC. The van der Waals surface area contributed by atoms with Crippen LogP contribution >= 0.6 is 22.6 Å². The molecule has 0 spiro atoms. The molecule has 0 aromatic rings. The Bertz CT molecular complexity index is 88.2. The van der Waals surface area contributed by atoms with Gasteiger partial charge in [-0.2, -0.15) is 0 Å². The van der Waals surface area contributed by atoms with E-state index in [4.69, 9.17) is 8.85 Å². The standard InChI is InChI=1S/C7H17IO2Si/c1-4-5-6-11(7-8,9-2)10-3/h4-7H2,1-3H3. The molecule has 0 aromatic carbocycles. The van der Waals surface area contributed by atoms with E-state index in [0.717, 1.165) is 10.1 Å². The van der Waals surface area contributed by atoms with Gasteiger partial charge in [0.05, 0.1) is 0 Å². The molecule has 0 bridgehead atoms. The lowest BCUT2D eigenvalue weighted by atomic mass is 10.4. The summed E-state index contributed by atoms with van der Waals surface area (Å²) in [5.74, 6) is 0. The third-order valence-electron chi connectivity index (χ3n) is 1.86. The van der Waals surface area contributed by atoms with Crippen molar-refractivity contribution in [2.45, 2.75) is 25.8 Å². The zero-order valence-corrected chi connectivity index (χ0v) is 10.7. The van der Waals surface area contributed by atoms with Gasteiger partial charge in [-0.05, 0) is 6.04 Å². The fraction of sp³-hybridized carbons (Fsp3) is 1.00. The van der Waals surface area contributed by atoms with Crippen LogP contribution in [-0.2, 0) is 8.85 Å². The fourth-order valence-electron chi connectivity index (χ4n) is 0.909. The number of hydrogen-bond donors (Lipinski definition) is 0. The van der Waals surface area contributed by atoms with Crippen molar-refractivity contribution < 1.29 is 8.85 Å². The van der Waals surface area contributed by atoms with Crippen molar-refractivity contribution in [2.75, 3.05) is 18.3 Å². The van der Waals surface area contributed by atoms with Crippen LogP contribution in [0.3, 0.4) is 0 Å². The molecule has 0 atom stereocenters. The van der Waals surface area contributed by atoms with Gasteiger partial charge in [0.1, 0.15) is 0 Å². The highest BCUT2D eigenvalue weighted by atomic mass is 127. The number of unbranched alkanes of at least 4 members (excludes halogenated alkanes) is 1. The topological polar surface area (TPSA) is 18.5 Å². The predicted molar refractivity (Wildman–Crippen MR) is 58.4 cm³/mol. The molecule has 11 heavy (non-hydrogen) atoms. The van der Waals surface area contributed by atoms with Gasteiger partial charge in [0, 0.05) is 18.3 Å². The first-order chi connectivity index (χ1) is 5.24. The molecule has 4 heteroatoms. The normalized spacial score (nSPS) is 12.0. The molecule has 0 fully saturated rings. The third-order valence-corrected chi connectivity index (χ3v) is 8.36. The molecular formula is C7H17IO2Si. The Kier molecular flexibility index (Phi) is 6.89. The summed E-state index contributed by atoms with van der Waals surface area (Å²) in [6, 6.07) is 1.12. The molecule has 0 aliphatic carbocycles. The Morgan fingerprint density at radius 1 is 1.27 bits per heavy atom. The lowest BCUT2D eigenvalue weighted by Crippen LogP contribution is -2.42. The second-order valence-corrected chi connectivity index (χ2v) is 8.25. The summed E-state index contributed by atoms with van der Waals surface area (Å²) in [7, 11) is 1.78. The summed E-state index contributed by atoms with van der Waals surface area (Å²) in [4.78, 5) is 0. The highest BCUT2D eigenvalue weighted by Gasteiger charge is 2.32. The predicted octanol–water partition coefficient (Wildman–Crippen LogP) is 2.50. The molecule has 0 radical (unpaired) electrons. The highest BCUT2D eigenvalue weighted by molar-refractivity contribution is 14.1. The average molecular weight is 288 g/mol. The summed E-state index contributed by atoms with van der Waals surface area (Å²) < 4.78 is 11.9. The van der Waals surface area contributed by atoms with Crippen LogP contribution in [0.1, 0.15) is 19.8 Å². The van der Waals surface area contributed by atoms with Gasteiger partial charge in [0.25, 0.3) is 0 Å². The molecule has 68 valence electrons. The first kappa shape index (κ1) is 11.9. The summed E-state index contributed by atoms with van der Waals surface area (Å²) in [5.41, 5.74) is 0. The molecule has 0 heterocycles. The summed E-state index contributed by atoms with van der Waals surface area (Å²) in [5, 5.41) is 0. The number of halogens is 1. The van der Waals surface area contributed by atoms with Crippen LogP contribution in [0.2, 0.25) is 6.04 Å². The Morgan fingerprint density at radius 2 is 1.82 bits per heavy atom. The van der Waals surface area contributed by atoms with Crippen molar-refractivity contribution in [3.05, 3.63) is 0 Å². The first-order valence-electron chi connectivity index (χ1n) is 3.91. The number of alkyl halides is 1. The van der Waals surface area contributed by atoms with E-state index < -0.39 is 8.56 Å². The van der Waals surface area contributed by atoms with Crippen molar-refractivity contribution in [2.24, 2.45) is 0 Å². The monoisotopic (exact) mass is 288 g/mol. The van der Waals surface area contributed by atoms with Crippen molar-refractivity contribution >= 4 is 31.2 Å². The zero-order valence-electron chi connectivity index (χ0n) is 7.52. The third kappa shape index (κ3) is 3.87. The van der Waals surface area contributed by atoms with Crippen LogP contribution in [0.25, 0.3) is 0 Å². The van der Waals surface area contributed by atoms with Gasteiger partial charge in [-0.15, -0.1) is 0 Å². The molecule has 0 saturated carbocycles. The maximum atomic E-state index is 5.45. The molecule has 0 rings (SSSR count). The molecule has 0 N–H and O–H groups in total. The highest BCUT2D eigenvalue weighted by Crippen LogP contribution is 2.17. The second-order valence-electron chi connectivity index (χ2n) is 2.56. The van der Waals surface area contributed by atoms with E-state index in [-0.39, 0.29) is 0 Å². The van der Waals surface area contributed by atoms with E-state index in [0.29, 0.717) is 0 Å². The number of hydrogen-bond acceptors (Lipinski definition) is 2. The fourth-order valence-corrected chi connectivity index (χ4v) is 5.74. The Hall–Kier alpha value is 0.867. The van der Waals surface area contributed by atoms with E-state index in [9.17, 15) is 0 Å². The van der Waals surface area contributed by atoms with Gasteiger partial charge >= 0.3 is 8.56 Å². The van der Waals surface area contributed by atoms with Gasteiger partial charge in [0.2, 0.25) is 0 Å². The lowest BCUT2D eigenvalue weighted by molar-refractivity contribution is 0.248. The second kappa shape index (κ2) is 6.39. The van der Waals surface area contributed by atoms with Gasteiger partial charge in [-0.3, -0.25) is 0 Å². The van der Waals surface area contributed by atoms with E-state index in [2.05, 4.69) is 29.5 Å². The van der Waals surface area contributed by atoms with Crippen LogP contribution < -0.4 is 0 Å². The van der Waals surface area contributed by atoms with Crippen molar-refractivity contribution in [3.63, 3.8) is 0 Å². The van der Waals surface area contributed by atoms with Gasteiger partial charge < -0.3 is 8.85 Å². The van der Waals surface area contributed by atoms with E-state index in [1.165, 1.54) is 12.8 Å². The Balaban J connectivity index is 3.84. The molecule has 0 aliphatic rings. The maximum absolute atomic E-state index is 5.45. The van der Waals surface area contributed by atoms with E-state index in [1.807, 2.05) is 0 Å². The molecule has 2 nitrogen and oxygen atoms in total. The Morgan fingerprint density at radius 3 is 2.09 bits per heavy atom. The van der Waals surface area contributed by atoms with Crippen LogP contribution in [-0.4, -0.2) is 26.8 Å². The minimum atomic E-state index is -1.75. The quantitative estimate of drug-likeness (QED) is 0.425. The molecule has 0 aromatic heterocycles. The lowest BCUT2D eigenvalue weighted by Gasteiger charge is -2.24. The summed E-state index contributed by atoms with van der Waals surface area (Å²) in [6.45, 7) is 2.19. The first-order valence-corrected chi connectivity index (χ1v) is 7.66. The minimum Gasteiger partial charge on any atom is -0.397 e. The van der Waals surface area contributed by atoms with Crippen LogP contribution in [0, 0.1) is 0 Å². The summed E-state index contributed by atoms with van der Waals surface area (Å²) >= 11 is 2.35. The average Bonchev–Trinajstić information content (AvgIpc) is 2.08.